The molecule has 0 unspecified atom stereocenters. The molecule has 0 heterocycles. The fourth-order valence-electron chi connectivity index (χ4n) is 8.06. The van der Waals surface area contributed by atoms with E-state index in [1.54, 1.807) is 13.8 Å². The summed E-state index contributed by atoms with van der Waals surface area (Å²) in [5.41, 5.74) is -0.762. The Kier molecular flexibility index (Phi) is 41.4. The van der Waals surface area contributed by atoms with Crippen LogP contribution in [0.2, 0.25) is 0 Å². The van der Waals surface area contributed by atoms with E-state index in [1.165, 1.54) is 116 Å². The van der Waals surface area contributed by atoms with Gasteiger partial charge in [0.1, 0.15) is 6.10 Å². The lowest BCUT2D eigenvalue weighted by atomic mass is 9.93. The molecule has 0 bridgehead atoms. The van der Waals surface area contributed by atoms with Crippen molar-refractivity contribution in [3.05, 3.63) is 0 Å². The number of carbonyl (C=O) groups excluding carboxylic acids is 3. The summed E-state index contributed by atoms with van der Waals surface area (Å²) in [6.07, 6.45) is 38.6. The van der Waals surface area contributed by atoms with Crippen molar-refractivity contribution in [3.63, 3.8) is 0 Å². The van der Waals surface area contributed by atoms with Gasteiger partial charge < -0.3 is 24.8 Å². The van der Waals surface area contributed by atoms with Gasteiger partial charge in [-0.2, -0.15) is 0 Å². The van der Waals surface area contributed by atoms with Crippen LogP contribution < -0.4 is 5.32 Å². The maximum Gasteiger partial charge on any atom is 0.306 e. The van der Waals surface area contributed by atoms with E-state index in [-0.39, 0.29) is 30.6 Å². The number of rotatable bonds is 46. The molecule has 2 N–H and O–H groups in total. The maximum absolute atomic E-state index is 12.9. The number of aliphatic hydroxyl groups excluding tert-OH is 1. The van der Waals surface area contributed by atoms with Crippen LogP contribution in [0.5, 0.6) is 0 Å². The highest BCUT2D eigenvalue weighted by Gasteiger charge is 2.26. The fourth-order valence-corrected chi connectivity index (χ4v) is 8.06. The Morgan fingerprint density at radius 2 is 0.950 bits per heavy atom. The normalized spacial score (nSPS) is 11.9. The summed E-state index contributed by atoms with van der Waals surface area (Å²) in [5.74, 6) is 0.556. The van der Waals surface area contributed by atoms with Crippen LogP contribution in [0.3, 0.4) is 0 Å². The molecule has 0 spiro atoms. The molecule has 0 aliphatic rings. The van der Waals surface area contributed by atoms with Crippen molar-refractivity contribution in [2.75, 3.05) is 39.4 Å². The third-order valence-electron chi connectivity index (χ3n) is 12.4. The first-order valence-electron chi connectivity index (χ1n) is 26.1. The molecule has 0 radical (unpaired) electrons. The first-order valence-corrected chi connectivity index (χ1v) is 26.1. The first-order chi connectivity index (χ1) is 29.1. The van der Waals surface area contributed by atoms with Crippen LogP contribution in [-0.4, -0.2) is 73.3 Å². The van der Waals surface area contributed by atoms with Gasteiger partial charge >= 0.3 is 11.9 Å². The van der Waals surface area contributed by atoms with E-state index in [2.05, 4.69) is 37.9 Å². The van der Waals surface area contributed by atoms with E-state index in [9.17, 15) is 19.5 Å². The highest BCUT2D eigenvalue weighted by molar-refractivity contribution is 5.81. The number of hydrogen-bond donors (Lipinski definition) is 2. The zero-order valence-corrected chi connectivity index (χ0v) is 40.9. The lowest BCUT2D eigenvalue weighted by Gasteiger charge is -2.24. The number of nitrogens with one attached hydrogen (secondary N) is 1. The second-order valence-electron chi connectivity index (χ2n) is 18.9. The SMILES string of the molecule is CCCCCCCCC(CCCCCCCC)OC(=O)CCCCCCCN(CCCCCCCC(=O)OCCC(CCCC)CCCC)CCCNC(=O)C(C)(C)CO. The number of carbonyl (C=O) groups is 3. The van der Waals surface area contributed by atoms with Gasteiger partial charge in [-0.25, -0.2) is 0 Å². The monoisotopic (exact) mass is 851 g/mol. The molecule has 0 atom stereocenters. The summed E-state index contributed by atoms with van der Waals surface area (Å²) in [7, 11) is 0. The number of unbranched alkanes of at least 4 members (excludes halogenated alkanes) is 20. The second kappa shape index (κ2) is 42.6. The van der Waals surface area contributed by atoms with Crippen LogP contribution in [-0.2, 0) is 23.9 Å². The Morgan fingerprint density at radius 1 is 0.517 bits per heavy atom. The smallest absolute Gasteiger partial charge is 0.306 e. The van der Waals surface area contributed by atoms with E-state index >= 15 is 0 Å². The fraction of sp³-hybridized carbons (Fsp3) is 0.942. The molecule has 0 aromatic rings. The minimum absolute atomic E-state index is 0.00145. The molecule has 8 heteroatoms. The minimum atomic E-state index is -0.762. The van der Waals surface area contributed by atoms with E-state index in [4.69, 9.17) is 9.47 Å². The molecule has 0 aromatic carbocycles. The van der Waals surface area contributed by atoms with Gasteiger partial charge in [-0.1, -0.05) is 169 Å². The molecule has 8 nitrogen and oxygen atoms in total. The molecule has 1 amide bonds. The highest BCUT2D eigenvalue weighted by Crippen LogP contribution is 2.21. The number of ether oxygens (including phenoxy) is 2. The number of aliphatic hydroxyl groups is 1. The van der Waals surface area contributed by atoms with Crippen LogP contribution in [0.25, 0.3) is 0 Å². The third-order valence-corrected chi connectivity index (χ3v) is 12.4. The number of nitrogens with zero attached hydrogens (tertiary/aromatic N) is 1. The van der Waals surface area contributed by atoms with Crippen molar-refractivity contribution >= 4 is 17.8 Å². The molecule has 0 aliphatic carbocycles. The van der Waals surface area contributed by atoms with Crippen LogP contribution in [0.1, 0.15) is 260 Å². The predicted octanol–water partition coefficient (Wildman–Crippen LogP) is 13.8. The van der Waals surface area contributed by atoms with Crippen LogP contribution >= 0.6 is 0 Å². The number of hydrogen-bond acceptors (Lipinski definition) is 7. The topological polar surface area (TPSA) is 105 Å². The minimum Gasteiger partial charge on any atom is -0.466 e. The summed E-state index contributed by atoms with van der Waals surface area (Å²) in [5, 5.41) is 12.6. The molecular weight excluding hydrogens is 749 g/mol. The summed E-state index contributed by atoms with van der Waals surface area (Å²) < 4.78 is 11.7. The Bertz CT molecular complexity index is 950. The molecule has 356 valence electrons. The van der Waals surface area contributed by atoms with Crippen LogP contribution in [0.15, 0.2) is 0 Å². The molecule has 60 heavy (non-hydrogen) atoms. The van der Waals surface area contributed by atoms with Crippen molar-refractivity contribution < 1.29 is 29.0 Å². The standard InChI is InChI=1S/C52H102N2O6/c1-7-11-15-17-21-27-36-48(37-28-22-18-16-12-8-2)60-50(57)39-30-24-20-26-32-43-54(44-33-41-53-51(58)52(5,6)46-55)42-31-25-19-23-29-38-49(56)59-45-40-47(34-13-9-3)35-14-10-4/h47-48,55H,7-46H2,1-6H3,(H,53,58). The van der Waals surface area contributed by atoms with Crippen molar-refractivity contribution in [2.24, 2.45) is 11.3 Å². The van der Waals surface area contributed by atoms with E-state index < -0.39 is 5.41 Å². The maximum atomic E-state index is 12.9. The number of amides is 1. The predicted molar refractivity (Wildman–Crippen MR) is 254 cm³/mol. The van der Waals surface area contributed by atoms with Crippen LogP contribution in [0, 0.1) is 11.3 Å². The number of esters is 2. The highest BCUT2D eigenvalue weighted by atomic mass is 16.5. The summed E-state index contributed by atoms with van der Waals surface area (Å²) >= 11 is 0. The largest absolute Gasteiger partial charge is 0.466 e. The van der Waals surface area contributed by atoms with Gasteiger partial charge in [0.15, 0.2) is 0 Å². The average molecular weight is 851 g/mol. The average Bonchev–Trinajstić information content (AvgIpc) is 3.24. The van der Waals surface area contributed by atoms with Gasteiger partial charge in [0.2, 0.25) is 5.91 Å². The van der Waals surface area contributed by atoms with E-state index in [1.807, 2.05) is 0 Å². The van der Waals surface area contributed by atoms with Gasteiger partial charge in [-0.15, -0.1) is 0 Å². The molecular formula is C52H102N2O6. The quantitative estimate of drug-likeness (QED) is 0.0464. The molecule has 0 saturated heterocycles. The van der Waals surface area contributed by atoms with E-state index in [0.29, 0.717) is 31.9 Å². The van der Waals surface area contributed by atoms with Gasteiger partial charge in [-0.3, -0.25) is 14.4 Å². The molecule has 0 aliphatic heterocycles. The first kappa shape index (κ1) is 58.3. The Morgan fingerprint density at radius 3 is 1.45 bits per heavy atom. The molecule has 0 rings (SSSR count). The van der Waals surface area contributed by atoms with Crippen molar-refractivity contribution in [3.8, 4) is 0 Å². The van der Waals surface area contributed by atoms with Gasteiger partial charge in [-0.05, 0) is 104 Å². The van der Waals surface area contributed by atoms with Gasteiger partial charge in [0, 0.05) is 19.4 Å². The Hall–Kier alpha value is -1.67. The Balaban J connectivity index is 4.57. The summed E-state index contributed by atoms with van der Waals surface area (Å²) in [6, 6.07) is 0. The molecule has 0 aromatic heterocycles. The van der Waals surface area contributed by atoms with Gasteiger partial charge in [0.05, 0.1) is 18.6 Å². The molecule has 0 fully saturated rings. The van der Waals surface area contributed by atoms with Crippen LogP contribution in [0.4, 0.5) is 0 Å². The summed E-state index contributed by atoms with van der Waals surface area (Å²) in [4.78, 5) is 40.2. The van der Waals surface area contributed by atoms with E-state index in [0.717, 1.165) is 110 Å². The lowest BCUT2D eigenvalue weighted by Crippen LogP contribution is -2.40. The summed E-state index contributed by atoms with van der Waals surface area (Å²) in [6.45, 7) is 16.6. The van der Waals surface area contributed by atoms with Crippen molar-refractivity contribution in [1.29, 1.82) is 0 Å². The van der Waals surface area contributed by atoms with Gasteiger partial charge in [0.25, 0.3) is 0 Å². The zero-order chi connectivity index (χ0) is 44.4. The third kappa shape index (κ3) is 36.9. The van der Waals surface area contributed by atoms with Crippen molar-refractivity contribution in [2.45, 2.75) is 266 Å². The zero-order valence-electron chi connectivity index (χ0n) is 40.9. The Labute approximate surface area is 372 Å². The lowest BCUT2D eigenvalue weighted by molar-refractivity contribution is -0.150. The molecule has 0 saturated carbocycles. The van der Waals surface area contributed by atoms with Crippen molar-refractivity contribution in [1.82, 2.24) is 10.2 Å². The second-order valence-corrected chi connectivity index (χ2v) is 18.9.